The van der Waals surface area contributed by atoms with Crippen molar-refractivity contribution in [2.45, 2.75) is 19.8 Å². The lowest BCUT2D eigenvalue weighted by atomic mass is 9.79. The number of hydrogen-bond acceptors (Lipinski definition) is 2. The summed E-state index contributed by atoms with van der Waals surface area (Å²) in [5.74, 6) is 2.20. The highest BCUT2D eigenvalue weighted by Gasteiger charge is 2.31. The van der Waals surface area contributed by atoms with Crippen LogP contribution in [0.3, 0.4) is 0 Å². The van der Waals surface area contributed by atoms with Crippen LogP contribution in [0.15, 0.2) is 35.9 Å². The summed E-state index contributed by atoms with van der Waals surface area (Å²) in [5.41, 5.74) is 5.72. The molecule has 2 unspecified atom stereocenters. The Bertz CT molecular complexity index is 598. The molecule has 0 fully saturated rings. The van der Waals surface area contributed by atoms with Crippen molar-refractivity contribution >= 4 is 5.57 Å². The van der Waals surface area contributed by atoms with Gasteiger partial charge in [0.05, 0.1) is 7.11 Å². The lowest BCUT2D eigenvalue weighted by Crippen LogP contribution is -2.26. The van der Waals surface area contributed by atoms with Gasteiger partial charge in [-0.1, -0.05) is 23.8 Å². The first kappa shape index (κ1) is 14.4. The van der Waals surface area contributed by atoms with Gasteiger partial charge in [-0.3, -0.25) is 0 Å². The highest BCUT2D eigenvalue weighted by molar-refractivity contribution is 5.74. The molecule has 2 aliphatic rings. The second-order valence-electron chi connectivity index (χ2n) is 6.65. The predicted molar refractivity (Wildman–Crippen MR) is 88.6 cm³/mol. The number of nitrogens with zero attached hydrogens (tertiary/aromatic N) is 1. The molecule has 0 saturated carbocycles. The van der Waals surface area contributed by atoms with E-state index in [1.807, 2.05) is 0 Å². The summed E-state index contributed by atoms with van der Waals surface area (Å²) < 4.78 is 5.46. The highest BCUT2D eigenvalue weighted by atomic mass is 16.5. The topological polar surface area (TPSA) is 12.5 Å². The molecule has 112 valence electrons. The highest BCUT2D eigenvalue weighted by Crippen LogP contribution is 2.45. The Morgan fingerprint density at radius 3 is 2.76 bits per heavy atom. The molecule has 0 saturated heterocycles. The van der Waals surface area contributed by atoms with Crippen molar-refractivity contribution < 1.29 is 4.74 Å². The molecule has 0 radical (unpaired) electrons. The number of methoxy groups -OCH3 is 1. The van der Waals surface area contributed by atoms with Gasteiger partial charge in [0.15, 0.2) is 0 Å². The van der Waals surface area contributed by atoms with Gasteiger partial charge < -0.3 is 9.64 Å². The van der Waals surface area contributed by atoms with Gasteiger partial charge in [0.25, 0.3) is 0 Å². The number of fused-ring (bicyclic) bond motifs is 2. The van der Waals surface area contributed by atoms with Gasteiger partial charge in [-0.05, 0) is 68.6 Å². The Labute approximate surface area is 128 Å². The van der Waals surface area contributed by atoms with Crippen molar-refractivity contribution in [3.05, 3.63) is 47.1 Å². The van der Waals surface area contributed by atoms with Crippen molar-refractivity contribution in [1.82, 2.24) is 4.90 Å². The van der Waals surface area contributed by atoms with Crippen LogP contribution in [0.1, 0.15) is 24.0 Å². The smallest absolute Gasteiger partial charge is 0.119 e. The number of hydrogen-bond donors (Lipinski definition) is 0. The minimum Gasteiger partial charge on any atom is -0.497 e. The molecular formula is C19H25NO. The normalized spacial score (nSPS) is 24.0. The molecule has 2 heteroatoms. The standard InChI is InChI=1S/C19H25NO/c1-13-7-16(11-17(8-13)21-4)18-10-14-5-6-15(9-14)19(18)12-20(2)3/h6-8,10-11,14,19H,5,9,12H2,1-4H3. The minimum absolute atomic E-state index is 0.533. The van der Waals surface area contributed by atoms with E-state index in [1.54, 1.807) is 12.7 Å². The summed E-state index contributed by atoms with van der Waals surface area (Å²) in [7, 11) is 6.07. The maximum absolute atomic E-state index is 5.46. The van der Waals surface area contributed by atoms with E-state index in [-0.39, 0.29) is 0 Å². The van der Waals surface area contributed by atoms with Gasteiger partial charge in [-0.15, -0.1) is 0 Å². The van der Waals surface area contributed by atoms with E-state index in [4.69, 9.17) is 4.74 Å². The molecule has 2 bridgehead atoms. The molecule has 2 aliphatic carbocycles. The summed E-state index contributed by atoms with van der Waals surface area (Å²) in [6.07, 6.45) is 7.45. The molecule has 0 aliphatic heterocycles. The van der Waals surface area contributed by atoms with Gasteiger partial charge in [-0.25, -0.2) is 0 Å². The Balaban J connectivity index is 2.02. The first-order chi connectivity index (χ1) is 10.1. The van der Waals surface area contributed by atoms with Crippen molar-refractivity contribution in [2.75, 3.05) is 27.7 Å². The summed E-state index contributed by atoms with van der Waals surface area (Å²) in [4.78, 5) is 2.30. The first-order valence-corrected chi connectivity index (χ1v) is 7.78. The Kier molecular flexibility index (Phi) is 3.90. The monoisotopic (exact) mass is 283 g/mol. The van der Waals surface area contributed by atoms with Crippen molar-refractivity contribution in [3.63, 3.8) is 0 Å². The van der Waals surface area contributed by atoms with E-state index in [2.05, 4.69) is 56.3 Å². The maximum atomic E-state index is 5.46. The Morgan fingerprint density at radius 1 is 1.24 bits per heavy atom. The molecule has 2 atom stereocenters. The average Bonchev–Trinajstić information content (AvgIpc) is 2.83. The zero-order valence-corrected chi connectivity index (χ0v) is 13.5. The Hall–Kier alpha value is -1.54. The van der Waals surface area contributed by atoms with Gasteiger partial charge in [0, 0.05) is 12.5 Å². The van der Waals surface area contributed by atoms with E-state index in [9.17, 15) is 0 Å². The van der Waals surface area contributed by atoms with Gasteiger partial charge in [0.2, 0.25) is 0 Å². The van der Waals surface area contributed by atoms with E-state index in [0.29, 0.717) is 11.8 Å². The van der Waals surface area contributed by atoms with Crippen LogP contribution >= 0.6 is 0 Å². The quantitative estimate of drug-likeness (QED) is 0.777. The fourth-order valence-corrected chi connectivity index (χ4v) is 3.66. The largest absolute Gasteiger partial charge is 0.497 e. The molecule has 1 aromatic rings. The molecule has 0 spiro atoms. The van der Waals surface area contributed by atoms with Gasteiger partial charge >= 0.3 is 0 Å². The second kappa shape index (κ2) is 5.69. The molecular weight excluding hydrogens is 258 g/mol. The number of ether oxygens (including phenoxy) is 1. The molecule has 0 N–H and O–H groups in total. The van der Waals surface area contributed by atoms with Crippen molar-refractivity contribution in [1.29, 1.82) is 0 Å². The summed E-state index contributed by atoms with van der Waals surface area (Å²) >= 11 is 0. The second-order valence-corrected chi connectivity index (χ2v) is 6.65. The van der Waals surface area contributed by atoms with Crippen LogP contribution in [0.4, 0.5) is 0 Å². The zero-order chi connectivity index (χ0) is 15.0. The molecule has 1 aromatic carbocycles. The van der Waals surface area contributed by atoms with Crippen LogP contribution in [0, 0.1) is 18.8 Å². The predicted octanol–water partition coefficient (Wildman–Crippen LogP) is 3.91. The van der Waals surface area contributed by atoms with E-state index < -0.39 is 0 Å². The lowest BCUT2D eigenvalue weighted by molar-refractivity contribution is 0.376. The fourth-order valence-electron chi connectivity index (χ4n) is 3.66. The third kappa shape index (κ3) is 2.91. The van der Waals surface area contributed by atoms with Crippen LogP contribution in [0.25, 0.3) is 5.57 Å². The van der Waals surface area contributed by atoms with Crippen LogP contribution in [0.5, 0.6) is 5.75 Å². The zero-order valence-electron chi connectivity index (χ0n) is 13.5. The number of benzene rings is 1. The summed E-state index contributed by atoms with van der Waals surface area (Å²) in [6.45, 7) is 3.23. The molecule has 0 heterocycles. The molecule has 3 rings (SSSR count). The number of allylic oxidation sites excluding steroid dienone is 2. The van der Waals surface area contributed by atoms with E-state index in [1.165, 1.54) is 29.5 Å². The van der Waals surface area contributed by atoms with E-state index >= 15 is 0 Å². The van der Waals surface area contributed by atoms with Crippen LogP contribution in [-0.2, 0) is 0 Å². The molecule has 0 amide bonds. The minimum atomic E-state index is 0.533. The van der Waals surface area contributed by atoms with Crippen LogP contribution in [-0.4, -0.2) is 32.6 Å². The first-order valence-electron chi connectivity index (χ1n) is 7.78. The van der Waals surface area contributed by atoms with Crippen molar-refractivity contribution in [2.24, 2.45) is 11.8 Å². The molecule has 2 nitrogen and oxygen atoms in total. The van der Waals surface area contributed by atoms with Crippen molar-refractivity contribution in [3.8, 4) is 5.75 Å². The van der Waals surface area contributed by atoms with Crippen LogP contribution < -0.4 is 4.74 Å². The summed E-state index contributed by atoms with van der Waals surface area (Å²) in [6, 6.07) is 6.58. The number of aryl methyl sites for hydroxylation is 1. The third-order valence-corrected chi connectivity index (χ3v) is 4.59. The molecule has 21 heavy (non-hydrogen) atoms. The van der Waals surface area contributed by atoms with Gasteiger partial charge in [0.1, 0.15) is 5.75 Å². The van der Waals surface area contributed by atoms with Gasteiger partial charge in [-0.2, -0.15) is 0 Å². The SMILES string of the molecule is COc1cc(C)cc(C2=CC3CC=C(C3)C2CN(C)C)c1. The lowest BCUT2D eigenvalue weighted by Gasteiger charge is -2.30. The Morgan fingerprint density at radius 2 is 2.05 bits per heavy atom. The summed E-state index contributed by atoms with van der Waals surface area (Å²) in [5, 5.41) is 0. The third-order valence-electron chi connectivity index (χ3n) is 4.59. The number of rotatable bonds is 4. The van der Waals surface area contributed by atoms with Crippen LogP contribution in [0.2, 0.25) is 0 Å². The average molecular weight is 283 g/mol. The molecule has 0 aromatic heterocycles. The van der Waals surface area contributed by atoms with E-state index in [0.717, 1.165) is 12.3 Å². The maximum Gasteiger partial charge on any atom is 0.119 e. The fraction of sp³-hybridized carbons (Fsp3) is 0.474.